The van der Waals surface area contributed by atoms with Crippen molar-refractivity contribution in [2.75, 3.05) is 25.4 Å². The fourth-order valence-corrected chi connectivity index (χ4v) is 3.67. The van der Waals surface area contributed by atoms with Gasteiger partial charge in [0.25, 0.3) is 5.91 Å². The number of ether oxygens (including phenoxy) is 1. The molecule has 1 aromatic heterocycles. The van der Waals surface area contributed by atoms with E-state index in [2.05, 4.69) is 5.32 Å². The van der Waals surface area contributed by atoms with Crippen LogP contribution in [0.2, 0.25) is 5.02 Å². The number of aryl methyl sites for hydroxylation is 1. The first kappa shape index (κ1) is 21.3. The van der Waals surface area contributed by atoms with E-state index < -0.39 is 5.60 Å². The van der Waals surface area contributed by atoms with Gasteiger partial charge in [0.05, 0.1) is 16.3 Å². The van der Waals surface area contributed by atoms with E-state index in [0.717, 1.165) is 12.8 Å². The molecule has 0 bridgehead atoms. The van der Waals surface area contributed by atoms with Crippen LogP contribution in [0.1, 0.15) is 49.7 Å². The second-order valence-corrected chi connectivity index (χ2v) is 8.95. The number of fused-ring (bicyclic) bond motifs is 1. The fraction of sp³-hybridized carbons (Fsp3) is 0.524. The third kappa shape index (κ3) is 4.96. The number of furan rings is 1. The Morgan fingerprint density at radius 1 is 1.31 bits per heavy atom. The Balaban J connectivity index is 1.58. The van der Waals surface area contributed by atoms with Gasteiger partial charge in [-0.15, -0.1) is 0 Å². The number of anilines is 1. The molecule has 0 unspecified atom stereocenters. The van der Waals surface area contributed by atoms with Crippen molar-refractivity contribution in [2.45, 2.75) is 46.1 Å². The summed E-state index contributed by atoms with van der Waals surface area (Å²) in [6.07, 6.45) is 1.32. The van der Waals surface area contributed by atoms with Crippen molar-refractivity contribution >= 4 is 40.3 Å². The van der Waals surface area contributed by atoms with Crippen molar-refractivity contribution in [1.29, 1.82) is 0 Å². The molecular weight excluding hydrogens is 394 g/mol. The van der Waals surface area contributed by atoms with Crippen molar-refractivity contribution < 1.29 is 18.7 Å². The Labute approximate surface area is 175 Å². The maximum Gasteiger partial charge on any atom is 0.410 e. The molecule has 1 saturated heterocycles. The van der Waals surface area contributed by atoms with E-state index in [1.165, 1.54) is 0 Å². The lowest BCUT2D eigenvalue weighted by molar-refractivity contribution is 0.0183. The number of hydrogen-bond donors (Lipinski definition) is 2. The minimum Gasteiger partial charge on any atom is -0.460 e. The van der Waals surface area contributed by atoms with Gasteiger partial charge >= 0.3 is 6.09 Å². The van der Waals surface area contributed by atoms with E-state index in [0.29, 0.717) is 52.6 Å². The highest BCUT2D eigenvalue weighted by Crippen LogP contribution is 2.34. The quantitative estimate of drug-likeness (QED) is 0.718. The van der Waals surface area contributed by atoms with Gasteiger partial charge in [-0.2, -0.15) is 0 Å². The van der Waals surface area contributed by atoms with E-state index in [1.54, 1.807) is 24.0 Å². The molecule has 158 valence electrons. The molecule has 1 aliphatic heterocycles. The minimum absolute atomic E-state index is 0.249. The first-order chi connectivity index (χ1) is 13.5. The summed E-state index contributed by atoms with van der Waals surface area (Å²) in [5.74, 6) is 0.703. The zero-order valence-electron chi connectivity index (χ0n) is 17.3. The van der Waals surface area contributed by atoms with Crippen LogP contribution < -0.4 is 11.1 Å². The van der Waals surface area contributed by atoms with Crippen LogP contribution in [0.25, 0.3) is 11.0 Å². The number of nitrogen functional groups attached to an aromatic ring is 1. The highest BCUT2D eigenvalue weighted by Gasteiger charge is 2.27. The Kier molecular flexibility index (Phi) is 5.98. The minimum atomic E-state index is -0.502. The van der Waals surface area contributed by atoms with Gasteiger partial charge in [0.15, 0.2) is 0 Å². The Bertz CT molecular complexity index is 924. The predicted molar refractivity (Wildman–Crippen MR) is 113 cm³/mol. The third-order valence-electron chi connectivity index (χ3n) is 4.98. The van der Waals surface area contributed by atoms with Gasteiger partial charge in [0, 0.05) is 25.0 Å². The molecule has 1 aliphatic rings. The molecule has 0 spiro atoms. The monoisotopic (exact) mass is 421 g/mol. The smallest absolute Gasteiger partial charge is 0.410 e. The molecule has 0 aliphatic carbocycles. The van der Waals surface area contributed by atoms with E-state index in [1.807, 2.05) is 20.8 Å². The SMILES string of the molecule is Cc1cc2c(N)c(Cl)cc(C(=O)NCC3CCN(C(=O)OC(C)(C)C)CC3)c2o1. The molecule has 29 heavy (non-hydrogen) atoms. The molecule has 3 rings (SSSR count). The van der Waals surface area contributed by atoms with E-state index in [9.17, 15) is 9.59 Å². The number of carbonyl (C=O) groups excluding carboxylic acids is 2. The van der Waals surface area contributed by atoms with Crippen molar-refractivity contribution in [3.63, 3.8) is 0 Å². The third-order valence-corrected chi connectivity index (χ3v) is 5.29. The summed E-state index contributed by atoms with van der Waals surface area (Å²) in [7, 11) is 0. The standard InChI is InChI=1S/C21H28ClN3O4/c1-12-9-14-17(23)16(22)10-15(18(14)28-12)19(26)24-11-13-5-7-25(8-6-13)20(27)29-21(2,3)4/h9-10,13H,5-8,11,23H2,1-4H3,(H,24,26). The van der Waals surface area contributed by atoms with Crippen LogP contribution in [0.5, 0.6) is 0 Å². The maximum absolute atomic E-state index is 12.7. The molecular formula is C21H28ClN3O4. The molecule has 0 atom stereocenters. The van der Waals surface area contributed by atoms with Crippen molar-refractivity contribution in [2.24, 2.45) is 5.92 Å². The molecule has 1 aromatic carbocycles. The lowest BCUT2D eigenvalue weighted by Crippen LogP contribution is -2.43. The van der Waals surface area contributed by atoms with Gasteiger partial charge in [-0.25, -0.2) is 4.79 Å². The van der Waals surface area contributed by atoms with Crippen molar-refractivity contribution in [3.8, 4) is 0 Å². The maximum atomic E-state index is 12.7. The Morgan fingerprint density at radius 3 is 2.59 bits per heavy atom. The number of benzene rings is 1. The number of nitrogens with zero attached hydrogens (tertiary/aromatic N) is 1. The van der Waals surface area contributed by atoms with Crippen LogP contribution in [0, 0.1) is 12.8 Å². The Morgan fingerprint density at radius 2 is 1.97 bits per heavy atom. The molecule has 2 heterocycles. The largest absolute Gasteiger partial charge is 0.460 e. The van der Waals surface area contributed by atoms with Gasteiger partial charge in [-0.1, -0.05) is 11.6 Å². The first-order valence-corrected chi connectivity index (χ1v) is 10.2. The number of halogens is 1. The summed E-state index contributed by atoms with van der Waals surface area (Å²) in [4.78, 5) is 26.6. The number of likely N-dealkylation sites (tertiary alicyclic amines) is 1. The molecule has 2 amide bonds. The summed E-state index contributed by atoms with van der Waals surface area (Å²) in [6.45, 7) is 9.11. The van der Waals surface area contributed by atoms with Crippen molar-refractivity contribution in [3.05, 3.63) is 28.5 Å². The number of rotatable bonds is 3. The summed E-state index contributed by atoms with van der Waals surface area (Å²) in [5.41, 5.74) is 6.73. The van der Waals surface area contributed by atoms with Crippen molar-refractivity contribution in [1.82, 2.24) is 10.2 Å². The van der Waals surface area contributed by atoms with Gasteiger partial charge in [0.1, 0.15) is 16.9 Å². The molecule has 7 nitrogen and oxygen atoms in total. The topological polar surface area (TPSA) is 97.8 Å². The van der Waals surface area contributed by atoms with Crippen LogP contribution in [-0.4, -0.2) is 42.1 Å². The van der Waals surface area contributed by atoms with E-state index in [4.69, 9.17) is 26.5 Å². The average Bonchev–Trinajstić information content (AvgIpc) is 3.03. The highest BCUT2D eigenvalue weighted by molar-refractivity contribution is 6.35. The Hall–Kier alpha value is -2.41. The van der Waals surface area contributed by atoms with Crippen LogP contribution >= 0.6 is 11.6 Å². The molecule has 0 radical (unpaired) electrons. The van der Waals surface area contributed by atoms with E-state index >= 15 is 0 Å². The molecule has 2 aromatic rings. The number of carbonyl (C=O) groups is 2. The number of amides is 2. The van der Waals surface area contributed by atoms with Crippen LogP contribution in [0.15, 0.2) is 16.5 Å². The zero-order chi connectivity index (χ0) is 21.3. The lowest BCUT2D eigenvalue weighted by Gasteiger charge is -2.33. The number of nitrogens with one attached hydrogen (secondary N) is 1. The van der Waals surface area contributed by atoms with Gasteiger partial charge in [0.2, 0.25) is 0 Å². The molecule has 1 fully saturated rings. The van der Waals surface area contributed by atoms with E-state index in [-0.39, 0.29) is 17.9 Å². The normalized spacial score (nSPS) is 15.6. The van der Waals surface area contributed by atoms with Crippen LogP contribution in [-0.2, 0) is 4.74 Å². The van der Waals surface area contributed by atoms with Crippen LogP contribution in [0.3, 0.4) is 0 Å². The van der Waals surface area contributed by atoms with Crippen LogP contribution in [0.4, 0.5) is 10.5 Å². The fourth-order valence-electron chi connectivity index (χ4n) is 3.46. The van der Waals surface area contributed by atoms with Gasteiger partial charge in [-0.3, -0.25) is 4.79 Å². The highest BCUT2D eigenvalue weighted by atomic mass is 35.5. The second-order valence-electron chi connectivity index (χ2n) is 8.54. The molecule has 3 N–H and O–H groups in total. The predicted octanol–water partition coefficient (Wildman–Crippen LogP) is 4.35. The number of piperidine rings is 1. The molecule has 0 saturated carbocycles. The summed E-state index contributed by atoms with van der Waals surface area (Å²) in [6, 6.07) is 3.32. The summed E-state index contributed by atoms with van der Waals surface area (Å²) < 4.78 is 11.1. The van der Waals surface area contributed by atoms with Gasteiger partial charge in [-0.05, 0) is 58.6 Å². The lowest BCUT2D eigenvalue weighted by atomic mass is 9.97. The zero-order valence-corrected chi connectivity index (χ0v) is 18.1. The van der Waals surface area contributed by atoms with Gasteiger partial charge < -0.3 is 25.1 Å². The second kappa shape index (κ2) is 8.14. The first-order valence-electron chi connectivity index (χ1n) is 9.79. The summed E-state index contributed by atoms with van der Waals surface area (Å²) in [5, 5.41) is 3.94. The average molecular weight is 422 g/mol. The molecule has 8 heteroatoms. The number of nitrogens with two attached hydrogens (primary N) is 1. The number of hydrogen-bond acceptors (Lipinski definition) is 5. The summed E-state index contributed by atoms with van der Waals surface area (Å²) >= 11 is 6.19.